The SMILES string of the molecule is Cc1ccn2c(C(=O)NOCC3CC3)c(C)nc2c1. The van der Waals surface area contributed by atoms with Crippen molar-refractivity contribution in [1.82, 2.24) is 14.9 Å². The highest BCUT2D eigenvalue weighted by Crippen LogP contribution is 2.28. The number of rotatable bonds is 4. The van der Waals surface area contributed by atoms with Crippen LogP contribution in [-0.2, 0) is 4.84 Å². The molecule has 1 N–H and O–H groups in total. The van der Waals surface area contributed by atoms with Crippen LogP contribution < -0.4 is 5.48 Å². The van der Waals surface area contributed by atoms with Crippen molar-refractivity contribution in [3.05, 3.63) is 35.3 Å². The smallest absolute Gasteiger partial charge is 0.293 e. The minimum absolute atomic E-state index is 0.241. The van der Waals surface area contributed by atoms with Gasteiger partial charge in [0.1, 0.15) is 11.3 Å². The summed E-state index contributed by atoms with van der Waals surface area (Å²) >= 11 is 0. The maximum atomic E-state index is 12.1. The van der Waals surface area contributed by atoms with Gasteiger partial charge < -0.3 is 0 Å². The molecular formula is C14H17N3O2. The molecule has 0 bridgehead atoms. The highest BCUT2D eigenvalue weighted by atomic mass is 16.7. The quantitative estimate of drug-likeness (QED) is 0.855. The van der Waals surface area contributed by atoms with Crippen LogP contribution in [-0.4, -0.2) is 21.9 Å². The first kappa shape index (κ1) is 12.2. The third kappa shape index (κ3) is 2.46. The Labute approximate surface area is 111 Å². The van der Waals surface area contributed by atoms with E-state index in [0.717, 1.165) is 11.2 Å². The van der Waals surface area contributed by atoms with E-state index < -0.39 is 0 Å². The van der Waals surface area contributed by atoms with Crippen LogP contribution in [0.15, 0.2) is 18.3 Å². The van der Waals surface area contributed by atoms with Crippen molar-refractivity contribution < 1.29 is 9.63 Å². The molecule has 0 aliphatic heterocycles. The van der Waals surface area contributed by atoms with Crippen LogP contribution in [0.25, 0.3) is 5.65 Å². The first-order valence-corrected chi connectivity index (χ1v) is 6.52. The van der Waals surface area contributed by atoms with Crippen molar-refractivity contribution in [1.29, 1.82) is 0 Å². The van der Waals surface area contributed by atoms with Gasteiger partial charge in [0.25, 0.3) is 5.91 Å². The summed E-state index contributed by atoms with van der Waals surface area (Å²) in [6.07, 6.45) is 4.26. The predicted octanol–water partition coefficient (Wildman–Crippen LogP) is 2.02. The maximum Gasteiger partial charge on any atom is 0.293 e. The number of nitrogens with one attached hydrogen (secondary N) is 1. The third-order valence-corrected chi connectivity index (χ3v) is 3.35. The van der Waals surface area contributed by atoms with Crippen LogP contribution in [0.2, 0.25) is 0 Å². The zero-order valence-electron chi connectivity index (χ0n) is 11.1. The number of carbonyl (C=O) groups is 1. The van der Waals surface area contributed by atoms with Gasteiger partial charge in [-0.25, -0.2) is 10.5 Å². The van der Waals surface area contributed by atoms with Crippen LogP contribution in [0.5, 0.6) is 0 Å². The van der Waals surface area contributed by atoms with Gasteiger partial charge in [-0.05, 0) is 50.3 Å². The Kier molecular flexibility index (Phi) is 2.98. The first-order chi connectivity index (χ1) is 9.15. The lowest BCUT2D eigenvalue weighted by atomic mass is 10.3. The molecule has 0 atom stereocenters. The molecule has 0 aromatic carbocycles. The van der Waals surface area contributed by atoms with E-state index in [4.69, 9.17) is 4.84 Å². The normalized spacial score (nSPS) is 14.8. The first-order valence-electron chi connectivity index (χ1n) is 6.52. The monoisotopic (exact) mass is 259 g/mol. The van der Waals surface area contributed by atoms with E-state index in [2.05, 4.69) is 10.5 Å². The van der Waals surface area contributed by atoms with Crippen LogP contribution in [0.1, 0.15) is 34.6 Å². The summed E-state index contributed by atoms with van der Waals surface area (Å²) in [4.78, 5) is 21.8. The summed E-state index contributed by atoms with van der Waals surface area (Å²) in [5, 5.41) is 0. The maximum absolute atomic E-state index is 12.1. The lowest BCUT2D eigenvalue weighted by Crippen LogP contribution is -2.26. The average molecular weight is 259 g/mol. The minimum Gasteiger partial charge on any atom is -0.295 e. The molecule has 19 heavy (non-hydrogen) atoms. The Bertz CT molecular complexity index is 629. The zero-order chi connectivity index (χ0) is 13.4. The molecule has 1 aliphatic carbocycles. The number of hydrogen-bond donors (Lipinski definition) is 1. The molecular weight excluding hydrogens is 242 g/mol. The molecule has 1 saturated carbocycles. The van der Waals surface area contributed by atoms with E-state index in [9.17, 15) is 4.79 Å². The van der Waals surface area contributed by atoms with Crippen molar-refractivity contribution in [2.24, 2.45) is 5.92 Å². The minimum atomic E-state index is -0.241. The number of hydroxylamine groups is 1. The van der Waals surface area contributed by atoms with Gasteiger partial charge in [-0.2, -0.15) is 0 Å². The van der Waals surface area contributed by atoms with Crippen molar-refractivity contribution in [3.63, 3.8) is 0 Å². The zero-order valence-corrected chi connectivity index (χ0v) is 11.1. The van der Waals surface area contributed by atoms with Gasteiger partial charge in [0.15, 0.2) is 0 Å². The van der Waals surface area contributed by atoms with Crippen LogP contribution in [0.3, 0.4) is 0 Å². The van der Waals surface area contributed by atoms with E-state index in [0.29, 0.717) is 23.9 Å². The fourth-order valence-electron chi connectivity index (χ4n) is 2.10. The summed E-state index contributed by atoms with van der Waals surface area (Å²) in [5.74, 6) is 0.376. The third-order valence-electron chi connectivity index (χ3n) is 3.35. The number of nitrogens with zero attached hydrogens (tertiary/aromatic N) is 2. The fourth-order valence-corrected chi connectivity index (χ4v) is 2.10. The number of imidazole rings is 1. The summed E-state index contributed by atoms with van der Waals surface area (Å²) < 4.78 is 1.79. The highest BCUT2D eigenvalue weighted by Gasteiger charge is 2.23. The van der Waals surface area contributed by atoms with E-state index in [1.54, 1.807) is 4.40 Å². The summed E-state index contributed by atoms with van der Waals surface area (Å²) in [6.45, 7) is 4.43. The molecule has 0 saturated heterocycles. The molecule has 1 fully saturated rings. The van der Waals surface area contributed by atoms with E-state index in [-0.39, 0.29) is 5.91 Å². The van der Waals surface area contributed by atoms with Crippen molar-refractivity contribution in [2.45, 2.75) is 26.7 Å². The average Bonchev–Trinajstić information content (AvgIpc) is 3.11. The van der Waals surface area contributed by atoms with Gasteiger partial charge >= 0.3 is 0 Å². The topological polar surface area (TPSA) is 55.6 Å². The van der Waals surface area contributed by atoms with Gasteiger partial charge in [-0.1, -0.05) is 0 Å². The summed E-state index contributed by atoms with van der Waals surface area (Å²) in [7, 11) is 0. The standard InChI is InChI=1S/C14H17N3O2/c1-9-5-6-17-12(7-9)15-10(2)13(17)14(18)16-19-8-11-3-4-11/h5-7,11H,3-4,8H2,1-2H3,(H,16,18). The van der Waals surface area contributed by atoms with E-state index >= 15 is 0 Å². The van der Waals surface area contributed by atoms with Gasteiger partial charge in [0.2, 0.25) is 0 Å². The molecule has 3 rings (SSSR count). The Hall–Kier alpha value is -1.88. The van der Waals surface area contributed by atoms with Crippen molar-refractivity contribution >= 4 is 11.6 Å². The molecule has 2 heterocycles. The number of hydrogen-bond acceptors (Lipinski definition) is 3. The van der Waals surface area contributed by atoms with Gasteiger partial charge in [-0.15, -0.1) is 0 Å². The molecule has 5 heteroatoms. The van der Waals surface area contributed by atoms with Crippen LogP contribution in [0, 0.1) is 19.8 Å². The van der Waals surface area contributed by atoms with Gasteiger partial charge in [-0.3, -0.25) is 14.0 Å². The molecule has 0 unspecified atom stereocenters. The number of aryl methyl sites for hydroxylation is 2. The molecule has 1 aliphatic rings. The number of fused-ring (bicyclic) bond motifs is 1. The Morgan fingerprint density at radius 3 is 3.05 bits per heavy atom. The second kappa shape index (κ2) is 4.66. The molecule has 100 valence electrons. The Morgan fingerprint density at radius 2 is 2.32 bits per heavy atom. The lowest BCUT2D eigenvalue weighted by molar-refractivity contribution is 0.0264. The Morgan fingerprint density at radius 1 is 1.53 bits per heavy atom. The highest BCUT2D eigenvalue weighted by molar-refractivity contribution is 5.93. The summed E-state index contributed by atoms with van der Waals surface area (Å²) in [5.41, 5.74) is 5.65. The molecule has 2 aromatic rings. The molecule has 1 amide bonds. The largest absolute Gasteiger partial charge is 0.295 e. The van der Waals surface area contributed by atoms with Crippen molar-refractivity contribution in [2.75, 3.05) is 6.61 Å². The number of amides is 1. The van der Waals surface area contributed by atoms with Gasteiger partial charge in [0, 0.05) is 6.20 Å². The molecule has 0 spiro atoms. The van der Waals surface area contributed by atoms with Crippen LogP contribution >= 0.6 is 0 Å². The van der Waals surface area contributed by atoms with Gasteiger partial charge in [0.05, 0.1) is 12.3 Å². The van der Waals surface area contributed by atoms with Crippen LogP contribution in [0.4, 0.5) is 0 Å². The summed E-state index contributed by atoms with van der Waals surface area (Å²) in [6, 6.07) is 3.91. The van der Waals surface area contributed by atoms with Crippen molar-refractivity contribution in [3.8, 4) is 0 Å². The molecule has 2 aromatic heterocycles. The Balaban J connectivity index is 1.81. The molecule has 0 radical (unpaired) electrons. The van der Waals surface area contributed by atoms with E-state index in [1.807, 2.05) is 32.2 Å². The predicted molar refractivity (Wildman–Crippen MR) is 70.8 cm³/mol. The lowest BCUT2D eigenvalue weighted by Gasteiger charge is -2.06. The second-order valence-corrected chi connectivity index (χ2v) is 5.16. The number of pyridine rings is 1. The molecule has 5 nitrogen and oxygen atoms in total. The fraction of sp³-hybridized carbons (Fsp3) is 0.429. The second-order valence-electron chi connectivity index (χ2n) is 5.16. The van der Waals surface area contributed by atoms with E-state index in [1.165, 1.54) is 12.8 Å². The number of carbonyl (C=O) groups excluding carboxylic acids is 1. The number of aromatic nitrogens is 2.